The van der Waals surface area contributed by atoms with Crippen molar-refractivity contribution in [3.05, 3.63) is 0 Å². The zero-order valence-electron chi connectivity index (χ0n) is 17.6. The second kappa shape index (κ2) is 17.9. The second-order valence-electron chi connectivity index (χ2n) is 7.35. The summed E-state index contributed by atoms with van der Waals surface area (Å²) in [6.07, 6.45) is 14.1. The molecule has 0 aromatic heterocycles. The van der Waals surface area contributed by atoms with E-state index in [0.717, 1.165) is 38.4 Å². The van der Waals surface area contributed by atoms with Crippen molar-refractivity contribution in [2.75, 3.05) is 13.2 Å². The predicted molar refractivity (Wildman–Crippen MR) is 108 cm³/mol. The number of aliphatic hydroxyl groups is 1. The van der Waals surface area contributed by atoms with Crippen LogP contribution in [0.3, 0.4) is 0 Å². The molecule has 0 aliphatic carbocycles. The topological polar surface area (TPSA) is 55.8 Å². The third-order valence-electron chi connectivity index (χ3n) is 4.87. The molecule has 0 rings (SSSR count). The van der Waals surface area contributed by atoms with Crippen LogP contribution < -0.4 is 0 Å². The summed E-state index contributed by atoms with van der Waals surface area (Å²) in [6, 6.07) is 0. The first-order valence-electron chi connectivity index (χ1n) is 11.1. The first-order chi connectivity index (χ1) is 12.7. The Morgan fingerprint density at radius 2 is 1.31 bits per heavy atom. The summed E-state index contributed by atoms with van der Waals surface area (Å²) in [5.41, 5.74) is 0. The van der Waals surface area contributed by atoms with Crippen molar-refractivity contribution in [2.45, 2.75) is 123 Å². The molecule has 156 valence electrons. The molecule has 0 aromatic rings. The predicted octanol–water partition coefficient (Wildman–Crippen LogP) is 5.80. The minimum Gasteiger partial charge on any atom is -0.388 e. The molecule has 0 amide bonds. The van der Waals surface area contributed by atoms with Crippen molar-refractivity contribution in [3.8, 4) is 0 Å². The molecule has 0 saturated carbocycles. The number of aldehydes is 1. The highest BCUT2D eigenvalue weighted by Gasteiger charge is 2.39. The molecule has 1 atom stereocenters. The van der Waals surface area contributed by atoms with Gasteiger partial charge < -0.3 is 19.4 Å². The van der Waals surface area contributed by atoms with E-state index in [4.69, 9.17) is 9.47 Å². The van der Waals surface area contributed by atoms with Gasteiger partial charge in [-0.1, -0.05) is 78.6 Å². The molecule has 0 aliphatic rings. The van der Waals surface area contributed by atoms with Gasteiger partial charge in [0.1, 0.15) is 12.4 Å². The molecule has 0 aliphatic heterocycles. The van der Waals surface area contributed by atoms with E-state index in [9.17, 15) is 9.90 Å². The van der Waals surface area contributed by atoms with Gasteiger partial charge in [0.15, 0.2) is 5.79 Å². The smallest absolute Gasteiger partial charge is 0.194 e. The van der Waals surface area contributed by atoms with Crippen molar-refractivity contribution in [2.24, 2.45) is 0 Å². The van der Waals surface area contributed by atoms with Crippen LogP contribution in [0.25, 0.3) is 0 Å². The Kier molecular flexibility index (Phi) is 17.6. The summed E-state index contributed by atoms with van der Waals surface area (Å²) in [4.78, 5) is 10.9. The minimum absolute atomic E-state index is 0.354. The average molecular weight is 373 g/mol. The van der Waals surface area contributed by atoms with Crippen molar-refractivity contribution < 1.29 is 19.4 Å². The summed E-state index contributed by atoms with van der Waals surface area (Å²) in [5.74, 6) is -1.02. The van der Waals surface area contributed by atoms with E-state index in [0.29, 0.717) is 32.5 Å². The van der Waals surface area contributed by atoms with Crippen LogP contribution in [0, 0.1) is 0 Å². The van der Waals surface area contributed by atoms with E-state index in [2.05, 4.69) is 13.8 Å². The number of carbonyl (C=O) groups is 1. The van der Waals surface area contributed by atoms with Crippen LogP contribution in [0.15, 0.2) is 0 Å². The van der Waals surface area contributed by atoms with E-state index in [1.165, 1.54) is 38.5 Å². The molecule has 0 spiro atoms. The van der Waals surface area contributed by atoms with Gasteiger partial charge in [-0.3, -0.25) is 0 Å². The third kappa shape index (κ3) is 12.0. The maximum absolute atomic E-state index is 10.9. The van der Waals surface area contributed by atoms with Crippen LogP contribution in [-0.4, -0.2) is 36.5 Å². The fourth-order valence-corrected chi connectivity index (χ4v) is 3.20. The van der Waals surface area contributed by atoms with Crippen LogP contribution in [0.5, 0.6) is 0 Å². The zero-order valence-corrected chi connectivity index (χ0v) is 17.6. The fourth-order valence-electron chi connectivity index (χ4n) is 3.20. The van der Waals surface area contributed by atoms with Crippen molar-refractivity contribution in [3.63, 3.8) is 0 Å². The molecule has 1 N–H and O–H groups in total. The quantitative estimate of drug-likeness (QED) is 0.167. The van der Waals surface area contributed by atoms with Gasteiger partial charge in [0, 0.05) is 12.8 Å². The summed E-state index contributed by atoms with van der Waals surface area (Å²) in [7, 11) is 0. The van der Waals surface area contributed by atoms with Crippen LogP contribution >= 0.6 is 0 Å². The number of hydrogen-bond acceptors (Lipinski definition) is 4. The van der Waals surface area contributed by atoms with Crippen LogP contribution in [0.2, 0.25) is 0 Å². The lowest BCUT2D eigenvalue weighted by Crippen LogP contribution is -2.48. The first-order valence-corrected chi connectivity index (χ1v) is 11.1. The molecule has 0 heterocycles. The normalized spacial score (nSPS) is 13.1. The van der Waals surface area contributed by atoms with Gasteiger partial charge in [-0.05, 0) is 19.3 Å². The Balaban J connectivity index is 4.62. The van der Waals surface area contributed by atoms with Gasteiger partial charge >= 0.3 is 0 Å². The maximum Gasteiger partial charge on any atom is 0.194 e. The molecule has 0 bridgehead atoms. The highest BCUT2D eigenvalue weighted by atomic mass is 16.7. The SMILES string of the molecule is CCCCCCCOC(CCC=O)(OCCCCCCC)C(O)CCC. The molecule has 1 unspecified atom stereocenters. The van der Waals surface area contributed by atoms with Crippen molar-refractivity contribution in [1.29, 1.82) is 0 Å². The number of hydrogen-bond donors (Lipinski definition) is 1. The Bertz CT molecular complexity index is 291. The monoisotopic (exact) mass is 372 g/mol. The summed E-state index contributed by atoms with van der Waals surface area (Å²) in [5, 5.41) is 10.7. The van der Waals surface area contributed by atoms with Crippen LogP contribution in [-0.2, 0) is 14.3 Å². The number of rotatable bonds is 20. The lowest BCUT2D eigenvalue weighted by molar-refractivity contribution is -0.288. The number of carbonyl (C=O) groups excluding carboxylic acids is 1. The van der Waals surface area contributed by atoms with Crippen LogP contribution in [0.1, 0.15) is 111 Å². The summed E-state index contributed by atoms with van der Waals surface area (Å²) >= 11 is 0. The lowest BCUT2D eigenvalue weighted by Gasteiger charge is -2.38. The molecule has 4 nitrogen and oxygen atoms in total. The standard InChI is InChI=1S/C22H44O4/c1-4-7-9-11-13-19-25-22(17-15-18-23,21(24)16-6-3)26-20-14-12-10-8-5-2/h18,21,24H,4-17,19-20H2,1-3H3. The fraction of sp³-hybridized carbons (Fsp3) is 0.955. The molecule has 0 aromatic carbocycles. The molecular formula is C22H44O4. The van der Waals surface area contributed by atoms with Crippen molar-refractivity contribution >= 4 is 6.29 Å². The highest BCUT2D eigenvalue weighted by Crippen LogP contribution is 2.28. The van der Waals surface area contributed by atoms with Gasteiger partial charge in [-0.25, -0.2) is 0 Å². The molecule has 26 heavy (non-hydrogen) atoms. The number of ether oxygens (including phenoxy) is 2. The van der Waals surface area contributed by atoms with Crippen molar-refractivity contribution in [1.82, 2.24) is 0 Å². The number of unbranched alkanes of at least 4 members (excludes halogenated alkanes) is 8. The maximum atomic E-state index is 10.9. The first kappa shape index (κ1) is 25.6. The van der Waals surface area contributed by atoms with Gasteiger partial charge in [0.2, 0.25) is 0 Å². The molecule has 0 saturated heterocycles. The van der Waals surface area contributed by atoms with E-state index in [1.54, 1.807) is 0 Å². The van der Waals surface area contributed by atoms with E-state index in [1.807, 2.05) is 6.92 Å². The van der Waals surface area contributed by atoms with Gasteiger partial charge in [0.05, 0.1) is 13.2 Å². The van der Waals surface area contributed by atoms with Crippen LogP contribution in [0.4, 0.5) is 0 Å². The minimum atomic E-state index is -1.02. The molecular weight excluding hydrogens is 328 g/mol. The summed E-state index contributed by atoms with van der Waals surface area (Å²) in [6.45, 7) is 7.62. The van der Waals surface area contributed by atoms with E-state index in [-0.39, 0.29) is 0 Å². The van der Waals surface area contributed by atoms with Gasteiger partial charge in [0.25, 0.3) is 0 Å². The van der Waals surface area contributed by atoms with E-state index >= 15 is 0 Å². The highest BCUT2D eigenvalue weighted by molar-refractivity contribution is 5.49. The summed E-state index contributed by atoms with van der Waals surface area (Å²) < 4.78 is 12.2. The average Bonchev–Trinajstić information content (AvgIpc) is 2.64. The number of aliphatic hydroxyl groups excluding tert-OH is 1. The lowest BCUT2D eigenvalue weighted by atomic mass is 9.99. The second-order valence-corrected chi connectivity index (χ2v) is 7.35. The largest absolute Gasteiger partial charge is 0.388 e. The Hall–Kier alpha value is -0.450. The Morgan fingerprint density at radius 3 is 1.73 bits per heavy atom. The molecule has 4 heteroatoms. The molecule has 0 fully saturated rings. The Labute approximate surface area is 162 Å². The Morgan fingerprint density at radius 1 is 0.808 bits per heavy atom. The third-order valence-corrected chi connectivity index (χ3v) is 4.87. The zero-order chi connectivity index (χ0) is 19.5. The van der Waals surface area contributed by atoms with Gasteiger partial charge in [-0.2, -0.15) is 0 Å². The van der Waals surface area contributed by atoms with E-state index < -0.39 is 11.9 Å². The molecule has 0 radical (unpaired) electrons. The van der Waals surface area contributed by atoms with Gasteiger partial charge in [-0.15, -0.1) is 0 Å².